The molecule has 0 saturated heterocycles. The van der Waals surface area contributed by atoms with E-state index in [4.69, 9.17) is 23.2 Å². The zero-order chi connectivity index (χ0) is 13.2. The Labute approximate surface area is 109 Å². The van der Waals surface area contributed by atoms with Crippen molar-refractivity contribution in [3.05, 3.63) is 28.2 Å². The Bertz CT molecular complexity index is 544. The van der Waals surface area contributed by atoms with Gasteiger partial charge in [-0.2, -0.15) is 0 Å². The van der Waals surface area contributed by atoms with Gasteiger partial charge in [-0.25, -0.2) is 8.42 Å². The summed E-state index contributed by atoms with van der Waals surface area (Å²) in [5, 5.41) is 10.9. The fourth-order valence-electron chi connectivity index (χ4n) is 1.18. The first-order valence-electron chi connectivity index (χ1n) is 4.34. The largest absolute Gasteiger partial charge is 0.548 e. The molecule has 0 aliphatic rings. The summed E-state index contributed by atoms with van der Waals surface area (Å²) in [4.78, 5) is 10.5. The van der Waals surface area contributed by atoms with Gasteiger partial charge >= 0.3 is 0 Å². The summed E-state index contributed by atoms with van der Waals surface area (Å²) in [7, 11) is -3.78. The van der Waals surface area contributed by atoms with Crippen LogP contribution < -0.4 is 9.41 Å². The number of halogens is 2. The lowest BCUT2D eigenvalue weighted by Gasteiger charge is -2.23. The standard InChI is InChI=1S/C9H9Cl2NO4S/c1-17(15,16)12(5-9(13)14)8-4-6(10)2-3-7(8)11/h2-4H,5H2,1H3,(H,13,14)/p-1. The number of aliphatic carboxylic acids is 1. The van der Waals surface area contributed by atoms with Crippen LogP contribution in [0.4, 0.5) is 5.69 Å². The third kappa shape index (κ3) is 3.76. The van der Waals surface area contributed by atoms with Crippen molar-refractivity contribution < 1.29 is 18.3 Å². The first-order chi connectivity index (χ1) is 7.71. The molecular formula is C9H8Cl2NO4S-. The van der Waals surface area contributed by atoms with E-state index in [1.165, 1.54) is 18.2 Å². The van der Waals surface area contributed by atoms with Gasteiger partial charge in [0.15, 0.2) is 0 Å². The lowest BCUT2D eigenvalue weighted by molar-refractivity contribution is -0.303. The minimum absolute atomic E-state index is 0.00543. The predicted octanol–water partition coefficient (Wildman–Crippen LogP) is 0.509. The topological polar surface area (TPSA) is 77.5 Å². The molecule has 0 atom stereocenters. The van der Waals surface area contributed by atoms with Crippen LogP contribution in [0.25, 0.3) is 0 Å². The van der Waals surface area contributed by atoms with Gasteiger partial charge in [-0.3, -0.25) is 4.31 Å². The van der Waals surface area contributed by atoms with Gasteiger partial charge in [-0.15, -0.1) is 0 Å². The van der Waals surface area contributed by atoms with Gasteiger partial charge in [0.05, 0.1) is 29.5 Å². The zero-order valence-electron chi connectivity index (χ0n) is 8.68. The molecule has 17 heavy (non-hydrogen) atoms. The van der Waals surface area contributed by atoms with Crippen LogP contribution in [-0.4, -0.2) is 27.2 Å². The van der Waals surface area contributed by atoms with Crippen LogP contribution in [0.2, 0.25) is 10.0 Å². The molecule has 1 rings (SSSR count). The molecule has 0 bridgehead atoms. The van der Waals surface area contributed by atoms with E-state index in [1.54, 1.807) is 0 Å². The second kappa shape index (κ2) is 5.12. The Morgan fingerprint density at radius 2 is 2.00 bits per heavy atom. The highest BCUT2D eigenvalue weighted by atomic mass is 35.5. The third-order valence-corrected chi connectivity index (χ3v) is 3.53. The quantitative estimate of drug-likeness (QED) is 0.811. The number of benzene rings is 1. The molecule has 0 amide bonds. The number of rotatable bonds is 4. The van der Waals surface area contributed by atoms with E-state index in [2.05, 4.69) is 0 Å². The number of carboxylic acid groups (broad SMARTS) is 1. The number of hydrogen-bond donors (Lipinski definition) is 0. The molecule has 0 spiro atoms. The van der Waals surface area contributed by atoms with E-state index in [1.807, 2.05) is 0 Å². The summed E-state index contributed by atoms with van der Waals surface area (Å²) in [6.45, 7) is -0.821. The molecule has 0 radical (unpaired) electrons. The molecule has 1 aromatic carbocycles. The van der Waals surface area contributed by atoms with Crippen LogP contribution >= 0.6 is 23.2 Å². The molecule has 94 valence electrons. The summed E-state index contributed by atoms with van der Waals surface area (Å²) in [6, 6.07) is 4.12. The lowest BCUT2D eigenvalue weighted by Crippen LogP contribution is -2.41. The van der Waals surface area contributed by atoms with Gasteiger partial charge in [0.1, 0.15) is 0 Å². The van der Waals surface area contributed by atoms with Gasteiger partial charge in [-0.1, -0.05) is 23.2 Å². The maximum atomic E-state index is 11.5. The number of carbonyl (C=O) groups is 1. The van der Waals surface area contributed by atoms with Crippen LogP contribution in [0, 0.1) is 0 Å². The second-order valence-electron chi connectivity index (χ2n) is 3.24. The van der Waals surface area contributed by atoms with Crippen molar-refractivity contribution in [1.29, 1.82) is 0 Å². The minimum atomic E-state index is -3.78. The SMILES string of the molecule is CS(=O)(=O)N(CC(=O)[O-])c1cc(Cl)ccc1Cl. The van der Waals surface area contributed by atoms with Crippen molar-refractivity contribution in [2.24, 2.45) is 0 Å². The number of carbonyl (C=O) groups excluding carboxylic acids is 1. The maximum Gasteiger partial charge on any atom is 0.232 e. The fourth-order valence-corrected chi connectivity index (χ4v) is 2.46. The molecule has 0 heterocycles. The third-order valence-electron chi connectivity index (χ3n) is 1.85. The van der Waals surface area contributed by atoms with Crippen molar-refractivity contribution in [3.63, 3.8) is 0 Å². The van der Waals surface area contributed by atoms with Gasteiger partial charge in [0.25, 0.3) is 0 Å². The highest BCUT2D eigenvalue weighted by Crippen LogP contribution is 2.30. The fraction of sp³-hybridized carbons (Fsp3) is 0.222. The molecule has 0 aromatic heterocycles. The average Bonchev–Trinajstić information content (AvgIpc) is 2.16. The molecule has 0 fully saturated rings. The number of hydrogen-bond acceptors (Lipinski definition) is 4. The van der Waals surface area contributed by atoms with E-state index in [9.17, 15) is 18.3 Å². The van der Waals surface area contributed by atoms with Crippen molar-refractivity contribution >= 4 is 44.9 Å². The van der Waals surface area contributed by atoms with Gasteiger partial charge in [-0.05, 0) is 18.2 Å². The highest BCUT2D eigenvalue weighted by Gasteiger charge is 2.20. The average molecular weight is 297 g/mol. The van der Waals surface area contributed by atoms with Crippen molar-refractivity contribution in [2.75, 3.05) is 17.1 Å². The summed E-state index contributed by atoms with van der Waals surface area (Å²) >= 11 is 11.5. The number of anilines is 1. The van der Waals surface area contributed by atoms with Crippen LogP contribution in [-0.2, 0) is 14.8 Å². The highest BCUT2D eigenvalue weighted by molar-refractivity contribution is 7.92. The van der Waals surface area contributed by atoms with E-state index >= 15 is 0 Å². The van der Waals surface area contributed by atoms with Gasteiger partial charge in [0, 0.05) is 5.02 Å². The van der Waals surface area contributed by atoms with Crippen LogP contribution in [0.1, 0.15) is 0 Å². The van der Waals surface area contributed by atoms with Gasteiger partial charge in [0.2, 0.25) is 10.0 Å². The van der Waals surface area contributed by atoms with E-state index in [-0.39, 0.29) is 15.7 Å². The molecule has 0 aliphatic heterocycles. The molecule has 1 aromatic rings. The number of sulfonamides is 1. The zero-order valence-corrected chi connectivity index (χ0v) is 11.0. The molecule has 5 nitrogen and oxygen atoms in total. The van der Waals surface area contributed by atoms with Crippen molar-refractivity contribution in [3.8, 4) is 0 Å². The van der Waals surface area contributed by atoms with E-state index in [0.29, 0.717) is 4.31 Å². The Balaban J connectivity index is 3.31. The first-order valence-corrected chi connectivity index (χ1v) is 6.95. The second-order valence-corrected chi connectivity index (χ2v) is 5.99. The van der Waals surface area contributed by atoms with Crippen molar-refractivity contribution in [2.45, 2.75) is 0 Å². The molecule has 0 saturated carbocycles. The maximum absolute atomic E-state index is 11.5. The summed E-state index contributed by atoms with van der Waals surface area (Å²) < 4.78 is 23.5. The molecule has 0 N–H and O–H groups in total. The van der Waals surface area contributed by atoms with E-state index < -0.39 is 22.5 Å². The van der Waals surface area contributed by atoms with E-state index in [0.717, 1.165) is 6.26 Å². The van der Waals surface area contributed by atoms with Crippen LogP contribution in [0.3, 0.4) is 0 Å². The van der Waals surface area contributed by atoms with Crippen LogP contribution in [0.15, 0.2) is 18.2 Å². The Morgan fingerprint density at radius 1 is 1.41 bits per heavy atom. The van der Waals surface area contributed by atoms with Gasteiger partial charge < -0.3 is 9.90 Å². The van der Waals surface area contributed by atoms with Crippen LogP contribution in [0.5, 0.6) is 0 Å². The molecular weight excluding hydrogens is 289 g/mol. The van der Waals surface area contributed by atoms with Crippen molar-refractivity contribution in [1.82, 2.24) is 0 Å². The smallest absolute Gasteiger partial charge is 0.232 e. The predicted molar refractivity (Wildman–Crippen MR) is 63.7 cm³/mol. The molecule has 0 aliphatic carbocycles. The minimum Gasteiger partial charge on any atom is -0.548 e. The summed E-state index contributed by atoms with van der Waals surface area (Å²) in [5.41, 5.74) is 0.00543. The normalized spacial score (nSPS) is 11.2. The lowest BCUT2D eigenvalue weighted by atomic mass is 10.3. The number of nitrogens with zero attached hydrogens (tertiary/aromatic N) is 1. The monoisotopic (exact) mass is 296 g/mol. The summed E-state index contributed by atoms with van der Waals surface area (Å²) in [5.74, 6) is -1.54. The number of carboxylic acids is 1. The molecule has 0 unspecified atom stereocenters. The Morgan fingerprint density at radius 3 is 2.47 bits per heavy atom. The Hall–Kier alpha value is -0.980. The Kier molecular flexibility index (Phi) is 4.24. The summed E-state index contributed by atoms with van der Waals surface area (Å²) in [6.07, 6.45) is 0.868. The first kappa shape index (κ1) is 14.1. The molecule has 8 heteroatoms.